The summed E-state index contributed by atoms with van der Waals surface area (Å²) in [5.74, 6) is -0.273. The van der Waals surface area contributed by atoms with Crippen LogP contribution in [0.15, 0.2) is 59.5 Å². The predicted octanol–water partition coefficient (Wildman–Crippen LogP) is 2.37. The highest BCUT2D eigenvalue weighted by Gasteiger charge is 2.08. The SMILES string of the molecule is O=C(Cn1ncc2ccccc2c1=O)NCc1ccc(Cl)cc1. The van der Waals surface area contributed by atoms with E-state index in [2.05, 4.69) is 10.4 Å². The number of carbonyl (C=O) groups excluding carboxylic acids is 1. The van der Waals surface area contributed by atoms with Crippen molar-refractivity contribution < 1.29 is 4.79 Å². The zero-order chi connectivity index (χ0) is 16.2. The first kappa shape index (κ1) is 15.2. The molecule has 0 unspecified atom stereocenters. The van der Waals surface area contributed by atoms with Gasteiger partial charge in [-0.3, -0.25) is 9.59 Å². The number of nitrogens with zero attached hydrogens (tertiary/aromatic N) is 2. The number of amides is 1. The van der Waals surface area contributed by atoms with Gasteiger partial charge in [0.1, 0.15) is 6.54 Å². The molecule has 0 aliphatic carbocycles. The van der Waals surface area contributed by atoms with Gasteiger partial charge in [-0.2, -0.15) is 5.10 Å². The lowest BCUT2D eigenvalue weighted by Crippen LogP contribution is -2.33. The van der Waals surface area contributed by atoms with Gasteiger partial charge in [-0.15, -0.1) is 0 Å². The van der Waals surface area contributed by atoms with Crippen molar-refractivity contribution in [2.45, 2.75) is 13.1 Å². The highest BCUT2D eigenvalue weighted by Crippen LogP contribution is 2.09. The second-order valence-electron chi connectivity index (χ2n) is 5.10. The number of hydrogen-bond acceptors (Lipinski definition) is 3. The Morgan fingerprint density at radius 3 is 2.65 bits per heavy atom. The number of carbonyl (C=O) groups is 1. The van der Waals surface area contributed by atoms with Gasteiger partial charge in [0.05, 0.1) is 11.6 Å². The molecule has 0 bridgehead atoms. The summed E-state index contributed by atoms with van der Waals surface area (Å²) in [6.45, 7) is 0.260. The summed E-state index contributed by atoms with van der Waals surface area (Å²) in [5.41, 5.74) is 0.659. The van der Waals surface area contributed by atoms with E-state index in [4.69, 9.17) is 11.6 Å². The number of nitrogens with one attached hydrogen (secondary N) is 1. The van der Waals surface area contributed by atoms with Crippen molar-refractivity contribution in [2.75, 3.05) is 0 Å². The third kappa shape index (κ3) is 3.57. The molecule has 0 atom stereocenters. The summed E-state index contributed by atoms with van der Waals surface area (Å²) in [5, 5.41) is 8.75. The van der Waals surface area contributed by atoms with Crippen molar-refractivity contribution in [1.29, 1.82) is 0 Å². The third-order valence-corrected chi connectivity index (χ3v) is 3.71. The molecule has 0 saturated heterocycles. The average molecular weight is 328 g/mol. The fourth-order valence-corrected chi connectivity index (χ4v) is 2.36. The summed E-state index contributed by atoms with van der Waals surface area (Å²) < 4.78 is 1.17. The van der Waals surface area contributed by atoms with E-state index >= 15 is 0 Å². The average Bonchev–Trinajstić information content (AvgIpc) is 2.57. The van der Waals surface area contributed by atoms with Crippen LogP contribution >= 0.6 is 11.6 Å². The predicted molar refractivity (Wildman–Crippen MR) is 89.3 cm³/mol. The molecule has 5 nitrogen and oxygen atoms in total. The quantitative estimate of drug-likeness (QED) is 0.800. The van der Waals surface area contributed by atoms with Gasteiger partial charge in [0, 0.05) is 17.0 Å². The monoisotopic (exact) mass is 327 g/mol. The molecule has 0 aliphatic heterocycles. The Bertz CT molecular complexity index is 904. The highest BCUT2D eigenvalue weighted by molar-refractivity contribution is 6.30. The smallest absolute Gasteiger partial charge is 0.275 e. The largest absolute Gasteiger partial charge is 0.350 e. The molecule has 3 rings (SSSR count). The van der Waals surface area contributed by atoms with Crippen LogP contribution in [0.25, 0.3) is 10.8 Å². The fourth-order valence-electron chi connectivity index (χ4n) is 2.24. The molecule has 0 radical (unpaired) electrons. The third-order valence-electron chi connectivity index (χ3n) is 3.46. The molecule has 3 aromatic rings. The van der Waals surface area contributed by atoms with Crippen LogP contribution in [0.5, 0.6) is 0 Å². The molecule has 0 spiro atoms. The minimum Gasteiger partial charge on any atom is -0.350 e. The summed E-state index contributed by atoms with van der Waals surface area (Å²) in [7, 11) is 0. The molecular weight excluding hydrogens is 314 g/mol. The summed E-state index contributed by atoms with van der Waals surface area (Å²) in [6, 6.07) is 14.4. The molecule has 23 heavy (non-hydrogen) atoms. The van der Waals surface area contributed by atoms with Crippen molar-refractivity contribution in [3.8, 4) is 0 Å². The van der Waals surface area contributed by atoms with Crippen molar-refractivity contribution in [3.05, 3.63) is 75.7 Å². The maximum atomic E-state index is 12.3. The Hall–Kier alpha value is -2.66. The lowest BCUT2D eigenvalue weighted by atomic mass is 10.2. The normalized spacial score (nSPS) is 10.7. The first-order valence-corrected chi connectivity index (χ1v) is 7.47. The second kappa shape index (κ2) is 6.62. The van der Waals surface area contributed by atoms with Crippen LogP contribution in [0.4, 0.5) is 0 Å². The van der Waals surface area contributed by atoms with Crippen LogP contribution in [0.2, 0.25) is 5.02 Å². The molecule has 1 amide bonds. The Kier molecular flexibility index (Phi) is 4.39. The van der Waals surface area contributed by atoms with Crippen LogP contribution in [0.1, 0.15) is 5.56 Å². The lowest BCUT2D eigenvalue weighted by Gasteiger charge is -2.07. The highest BCUT2D eigenvalue weighted by atomic mass is 35.5. The molecule has 0 aliphatic rings. The Morgan fingerprint density at radius 2 is 1.87 bits per heavy atom. The Morgan fingerprint density at radius 1 is 1.13 bits per heavy atom. The van der Waals surface area contributed by atoms with E-state index in [9.17, 15) is 9.59 Å². The zero-order valence-electron chi connectivity index (χ0n) is 12.2. The van der Waals surface area contributed by atoms with Crippen LogP contribution in [0, 0.1) is 0 Å². The molecule has 1 aromatic heterocycles. The Balaban J connectivity index is 1.69. The van der Waals surface area contributed by atoms with Crippen molar-refractivity contribution in [3.63, 3.8) is 0 Å². The van der Waals surface area contributed by atoms with Gasteiger partial charge in [-0.1, -0.05) is 41.9 Å². The zero-order valence-corrected chi connectivity index (χ0v) is 13.0. The van der Waals surface area contributed by atoms with Crippen molar-refractivity contribution in [1.82, 2.24) is 15.1 Å². The standard InChI is InChI=1S/C17H14ClN3O2/c18-14-7-5-12(6-8-14)9-19-16(22)11-21-17(23)15-4-2-1-3-13(15)10-20-21/h1-8,10H,9,11H2,(H,19,22). The van der Waals surface area contributed by atoms with E-state index < -0.39 is 0 Å². The number of aromatic nitrogens is 2. The van der Waals surface area contributed by atoms with Gasteiger partial charge in [-0.05, 0) is 23.8 Å². The van der Waals surface area contributed by atoms with E-state index in [0.29, 0.717) is 17.0 Å². The second-order valence-corrected chi connectivity index (χ2v) is 5.53. The van der Waals surface area contributed by atoms with Gasteiger partial charge >= 0.3 is 0 Å². The Labute approximate surface area is 137 Å². The minimum atomic E-state index is -0.273. The number of hydrogen-bond donors (Lipinski definition) is 1. The fraction of sp³-hybridized carbons (Fsp3) is 0.118. The van der Waals surface area contributed by atoms with Gasteiger partial charge in [0.25, 0.3) is 5.56 Å². The van der Waals surface area contributed by atoms with Crippen molar-refractivity contribution >= 4 is 28.3 Å². The van der Waals surface area contributed by atoms with Crippen LogP contribution in [-0.2, 0) is 17.9 Å². The minimum absolute atomic E-state index is 0.114. The summed E-state index contributed by atoms with van der Waals surface area (Å²) in [6.07, 6.45) is 1.59. The van der Waals surface area contributed by atoms with E-state index in [1.165, 1.54) is 4.68 Å². The first-order valence-electron chi connectivity index (χ1n) is 7.09. The van der Waals surface area contributed by atoms with E-state index in [1.54, 1.807) is 30.5 Å². The summed E-state index contributed by atoms with van der Waals surface area (Å²) in [4.78, 5) is 24.3. The number of rotatable bonds is 4. The number of benzene rings is 2. The molecule has 2 aromatic carbocycles. The molecule has 0 fully saturated rings. The van der Waals surface area contributed by atoms with Crippen LogP contribution in [0.3, 0.4) is 0 Å². The molecular formula is C17H14ClN3O2. The molecule has 116 valence electrons. The molecule has 1 heterocycles. The van der Waals surface area contributed by atoms with E-state index in [1.807, 2.05) is 24.3 Å². The number of fused-ring (bicyclic) bond motifs is 1. The van der Waals surface area contributed by atoms with Crippen LogP contribution in [-0.4, -0.2) is 15.7 Å². The maximum Gasteiger partial charge on any atom is 0.275 e. The summed E-state index contributed by atoms with van der Waals surface area (Å²) >= 11 is 5.81. The van der Waals surface area contributed by atoms with Gasteiger partial charge in [0.15, 0.2) is 0 Å². The van der Waals surface area contributed by atoms with Gasteiger partial charge < -0.3 is 5.32 Å². The van der Waals surface area contributed by atoms with E-state index in [0.717, 1.165) is 10.9 Å². The van der Waals surface area contributed by atoms with Crippen molar-refractivity contribution in [2.24, 2.45) is 0 Å². The topological polar surface area (TPSA) is 64.0 Å². The lowest BCUT2D eigenvalue weighted by molar-refractivity contribution is -0.122. The van der Waals surface area contributed by atoms with E-state index in [-0.39, 0.29) is 18.0 Å². The first-order chi connectivity index (χ1) is 11.1. The number of halogens is 1. The molecule has 1 N–H and O–H groups in total. The van der Waals surface area contributed by atoms with Gasteiger partial charge in [0.2, 0.25) is 5.91 Å². The molecule has 6 heteroatoms. The van der Waals surface area contributed by atoms with Crippen LogP contribution < -0.4 is 10.9 Å². The van der Waals surface area contributed by atoms with Gasteiger partial charge in [-0.25, -0.2) is 4.68 Å². The molecule has 0 saturated carbocycles. The maximum absolute atomic E-state index is 12.3.